The van der Waals surface area contributed by atoms with E-state index in [1.165, 1.54) is 38.5 Å². The lowest BCUT2D eigenvalue weighted by Gasteiger charge is -2.30. The van der Waals surface area contributed by atoms with Crippen molar-refractivity contribution in [2.45, 2.75) is 38.5 Å². The van der Waals surface area contributed by atoms with E-state index in [-0.39, 0.29) is 5.75 Å². The van der Waals surface area contributed by atoms with Crippen molar-refractivity contribution in [3.05, 3.63) is 29.8 Å². The molecule has 1 N–H and O–H groups in total. The Balaban J connectivity index is 1.61. The van der Waals surface area contributed by atoms with Crippen LogP contribution in [0.5, 0.6) is 5.75 Å². The highest BCUT2D eigenvalue weighted by atomic mass is 16.3. The number of anilines is 3. The molecule has 2 aliphatic heterocycles. The molecule has 0 bridgehead atoms. The number of hydrogen-bond acceptors (Lipinski definition) is 8. The van der Waals surface area contributed by atoms with E-state index >= 15 is 0 Å². The van der Waals surface area contributed by atoms with Gasteiger partial charge in [-0.3, -0.25) is 0 Å². The van der Waals surface area contributed by atoms with Gasteiger partial charge < -0.3 is 14.9 Å². The second-order valence-electron chi connectivity index (χ2n) is 7.69. The van der Waals surface area contributed by atoms with Crippen LogP contribution in [0.25, 0.3) is 0 Å². The van der Waals surface area contributed by atoms with Crippen molar-refractivity contribution in [3.8, 4) is 5.75 Å². The number of aromatic nitrogens is 3. The van der Waals surface area contributed by atoms with Crippen LogP contribution in [-0.4, -0.2) is 59.5 Å². The van der Waals surface area contributed by atoms with Crippen LogP contribution in [0.15, 0.2) is 29.4 Å². The second-order valence-corrected chi connectivity index (χ2v) is 7.69. The molecule has 0 spiro atoms. The Morgan fingerprint density at radius 1 is 0.897 bits per heavy atom. The average Bonchev–Trinajstić information content (AvgIpc) is 2.78. The standard InChI is InChI=1S/C21H29N7O/c1-26(22-16-17-9-8-10-18(29)15-17)19-23-20(27-11-4-2-5-12-27)25-21(24-19)28-13-6-3-7-14-28/h8-10,15-16,29H,2-7,11-14H2,1H3. The molecule has 8 heteroatoms. The molecule has 2 aliphatic rings. The van der Waals surface area contributed by atoms with Crippen LogP contribution in [0.2, 0.25) is 0 Å². The lowest BCUT2D eigenvalue weighted by Crippen LogP contribution is -2.35. The van der Waals surface area contributed by atoms with Gasteiger partial charge in [0.2, 0.25) is 11.9 Å². The maximum atomic E-state index is 9.64. The van der Waals surface area contributed by atoms with Crippen LogP contribution >= 0.6 is 0 Å². The SMILES string of the molecule is CN(N=Cc1cccc(O)c1)c1nc(N2CCCCC2)nc(N2CCCCC2)n1. The van der Waals surface area contributed by atoms with Gasteiger partial charge >= 0.3 is 0 Å². The van der Waals surface area contributed by atoms with Gasteiger partial charge in [0.05, 0.1) is 6.21 Å². The Morgan fingerprint density at radius 2 is 1.48 bits per heavy atom. The summed E-state index contributed by atoms with van der Waals surface area (Å²) < 4.78 is 0. The molecule has 0 saturated carbocycles. The van der Waals surface area contributed by atoms with Gasteiger partial charge in [-0.05, 0) is 56.2 Å². The first-order valence-corrected chi connectivity index (χ1v) is 10.5. The summed E-state index contributed by atoms with van der Waals surface area (Å²) in [4.78, 5) is 18.8. The maximum absolute atomic E-state index is 9.64. The van der Waals surface area contributed by atoms with E-state index in [1.807, 2.05) is 13.1 Å². The van der Waals surface area contributed by atoms with Gasteiger partial charge in [0.25, 0.3) is 5.95 Å². The predicted molar refractivity (Wildman–Crippen MR) is 116 cm³/mol. The summed E-state index contributed by atoms with van der Waals surface area (Å²) in [6.45, 7) is 3.94. The number of hydrogen-bond donors (Lipinski definition) is 1. The number of phenols is 1. The van der Waals surface area contributed by atoms with Crippen molar-refractivity contribution >= 4 is 24.1 Å². The monoisotopic (exact) mass is 395 g/mol. The fraction of sp³-hybridized carbons (Fsp3) is 0.524. The fourth-order valence-corrected chi connectivity index (χ4v) is 3.77. The highest BCUT2D eigenvalue weighted by Crippen LogP contribution is 2.23. The molecule has 2 aromatic rings. The van der Waals surface area contributed by atoms with Gasteiger partial charge in [-0.1, -0.05) is 12.1 Å². The van der Waals surface area contributed by atoms with E-state index in [9.17, 15) is 5.11 Å². The summed E-state index contributed by atoms with van der Waals surface area (Å²) in [5.41, 5.74) is 0.818. The molecule has 2 fully saturated rings. The second kappa shape index (κ2) is 9.07. The number of nitrogens with zero attached hydrogens (tertiary/aromatic N) is 7. The molecule has 4 rings (SSSR count). The zero-order valence-corrected chi connectivity index (χ0v) is 17.0. The third-order valence-electron chi connectivity index (χ3n) is 5.42. The topological polar surface area (TPSA) is 81.0 Å². The summed E-state index contributed by atoms with van der Waals surface area (Å²) in [7, 11) is 1.84. The van der Waals surface area contributed by atoms with Crippen LogP contribution < -0.4 is 14.8 Å². The molecular formula is C21H29N7O. The Morgan fingerprint density at radius 3 is 2.03 bits per heavy atom. The Hall–Kier alpha value is -2.90. The Kier molecular flexibility index (Phi) is 6.07. The zero-order valence-electron chi connectivity index (χ0n) is 17.0. The van der Waals surface area contributed by atoms with Crippen molar-refractivity contribution < 1.29 is 5.11 Å². The molecule has 0 amide bonds. The van der Waals surface area contributed by atoms with E-state index in [0.717, 1.165) is 43.6 Å². The quantitative estimate of drug-likeness (QED) is 0.615. The first-order chi connectivity index (χ1) is 14.2. The normalized spacial score (nSPS) is 17.7. The van der Waals surface area contributed by atoms with Gasteiger partial charge in [0.1, 0.15) is 5.75 Å². The van der Waals surface area contributed by atoms with E-state index in [2.05, 4.69) is 14.9 Å². The first-order valence-electron chi connectivity index (χ1n) is 10.5. The minimum absolute atomic E-state index is 0.219. The molecule has 0 unspecified atom stereocenters. The summed E-state index contributed by atoms with van der Waals surface area (Å²) in [6.07, 6.45) is 8.92. The molecular weight excluding hydrogens is 366 g/mol. The van der Waals surface area contributed by atoms with Crippen LogP contribution in [0.1, 0.15) is 44.1 Å². The van der Waals surface area contributed by atoms with Crippen molar-refractivity contribution in [3.63, 3.8) is 0 Å². The molecule has 154 valence electrons. The van der Waals surface area contributed by atoms with Crippen molar-refractivity contribution in [1.82, 2.24) is 15.0 Å². The summed E-state index contributed by atoms with van der Waals surface area (Å²) in [5, 5.41) is 15.8. The lowest BCUT2D eigenvalue weighted by molar-refractivity contribution is 0.475. The molecule has 0 atom stereocenters. The van der Waals surface area contributed by atoms with Crippen LogP contribution in [-0.2, 0) is 0 Å². The van der Waals surface area contributed by atoms with Gasteiger partial charge in [0.15, 0.2) is 0 Å². The molecule has 3 heterocycles. The third-order valence-corrected chi connectivity index (χ3v) is 5.42. The molecule has 0 aliphatic carbocycles. The highest BCUT2D eigenvalue weighted by molar-refractivity contribution is 5.80. The summed E-state index contributed by atoms with van der Waals surface area (Å²) in [6, 6.07) is 7.00. The van der Waals surface area contributed by atoms with Crippen molar-refractivity contribution in [1.29, 1.82) is 0 Å². The molecule has 1 aromatic carbocycles. The van der Waals surface area contributed by atoms with Crippen LogP contribution in [0.4, 0.5) is 17.8 Å². The average molecular weight is 396 g/mol. The van der Waals surface area contributed by atoms with Crippen LogP contribution in [0, 0.1) is 0 Å². The maximum Gasteiger partial charge on any atom is 0.252 e. The fourth-order valence-electron chi connectivity index (χ4n) is 3.77. The number of phenolic OH excluding ortho intramolecular Hbond substituents is 1. The van der Waals surface area contributed by atoms with Gasteiger partial charge in [-0.15, -0.1) is 0 Å². The van der Waals surface area contributed by atoms with E-state index in [0.29, 0.717) is 5.95 Å². The molecule has 2 saturated heterocycles. The summed E-state index contributed by atoms with van der Waals surface area (Å²) in [5.74, 6) is 2.25. The largest absolute Gasteiger partial charge is 0.508 e. The van der Waals surface area contributed by atoms with E-state index < -0.39 is 0 Å². The van der Waals surface area contributed by atoms with Gasteiger partial charge in [0, 0.05) is 33.2 Å². The van der Waals surface area contributed by atoms with E-state index in [1.54, 1.807) is 29.4 Å². The number of hydrazone groups is 1. The smallest absolute Gasteiger partial charge is 0.252 e. The Bertz CT molecular complexity index is 808. The predicted octanol–water partition coefficient (Wildman–Crippen LogP) is 3.03. The minimum atomic E-state index is 0.219. The van der Waals surface area contributed by atoms with Gasteiger partial charge in [-0.2, -0.15) is 20.1 Å². The first kappa shape index (κ1) is 19.4. The molecule has 29 heavy (non-hydrogen) atoms. The van der Waals surface area contributed by atoms with Crippen molar-refractivity contribution in [2.24, 2.45) is 5.10 Å². The third kappa shape index (κ3) is 4.93. The lowest BCUT2D eigenvalue weighted by atomic mass is 10.1. The minimum Gasteiger partial charge on any atom is -0.508 e. The molecule has 8 nitrogen and oxygen atoms in total. The number of rotatable bonds is 5. The van der Waals surface area contributed by atoms with Gasteiger partial charge in [-0.25, -0.2) is 5.01 Å². The summed E-state index contributed by atoms with van der Waals surface area (Å²) >= 11 is 0. The number of aromatic hydroxyl groups is 1. The molecule has 1 aromatic heterocycles. The Labute approximate surface area is 171 Å². The van der Waals surface area contributed by atoms with Crippen molar-refractivity contribution in [2.75, 3.05) is 48.0 Å². The zero-order chi connectivity index (χ0) is 20.1. The highest BCUT2D eigenvalue weighted by Gasteiger charge is 2.21. The molecule has 0 radical (unpaired) electrons. The van der Waals surface area contributed by atoms with Crippen LogP contribution in [0.3, 0.4) is 0 Å². The van der Waals surface area contributed by atoms with E-state index in [4.69, 9.17) is 15.0 Å². The number of benzene rings is 1. The number of piperidine rings is 2.